The molecule has 0 radical (unpaired) electrons. The van der Waals surface area contributed by atoms with Gasteiger partial charge in [0.25, 0.3) is 0 Å². The van der Waals surface area contributed by atoms with Crippen molar-refractivity contribution in [2.24, 2.45) is 0 Å². The molecule has 1 aromatic rings. The summed E-state index contributed by atoms with van der Waals surface area (Å²) in [6.45, 7) is 9.30. The van der Waals surface area contributed by atoms with E-state index in [0.717, 1.165) is 6.42 Å². The summed E-state index contributed by atoms with van der Waals surface area (Å²) < 4.78 is 0. The second kappa shape index (κ2) is 13.3. The molecule has 0 aromatic heterocycles. The predicted octanol–water partition coefficient (Wildman–Crippen LogP) is 4.17. The zero-order chi connectivity index (χ0) is 16.3. The highest BCUT2D eigenvalue weighted by Crippen LogP contribution is 2.63. The molecule has 0 spiro atoms. The third-order valence-corrected chi connectivity index (χ3v) is 9.74. The van der Waals surface area contributed by atoms with Crippen molar-refractivity contribution in [1.82, 2.24) is 0 Å². The number of benzene rings is 1. The van der Waals surface area contributed by atoms with Gasteiger partial charge in [-0.1, -0.05) is 71.2 Å². The molecule has 0 fully saturated rings. The lowest BCUT2D eigenvalue weighted by Crippen LogP contribution is -3.00. The van der Waals surface area contributed by atoms with Crippen LogP contribution in [-0.2, 0) is 12.6 Å². The van der Waals surface area contributed by atoms with Crippen LogP contribution in [0.3, 0.4) is 0 Å². The van der Waals surface area contributed by atoms with E-state index in [1.807, 2.05) is 0 Å². The van der Waals surface area contributed by atoms with Crippen LogP contribution < -0.4 is 12.4 Å². The zero-order valence-corrected chi connectivity index (χ0v) is 17.6. The molecule has 0 aliphatic heterocycles. The Kier molecular flexibility index (Phi) is 13.2. The van der Waals surface area contributed by atoms with Crippen LogP contribution in [0.2, 0.25) is 0 Å². The van der Waals surface area contributed by atoms with Gasteiger partial charge in [-0.3, -0.25) is 0 Å². The second-order valence-electron chi connectivity index (χ2n) is 6.90. The van der Waals surface area contributed by atoms with Crippen LogP contribution in [0.15, 0.2) is 24.3 Å². The topological polar surface area (TPSA) is 0 Å². The van der Waals surface area contributed by atoms with Gasteiger partial charge in [-0.25, -0.2) is 0 Å². The van der Waals surface area contributed by atoms with Gasteiger partial charge in [0, 0.05) is 7.26 Å². The summed E-state index contributed by atoms with van der Waals surface area (Å²) >= 11 is 0. The Hall–Kier alpha value is -0.0600. The van der Waals surface area contributed by atoms with Crippen LogP contribution in [0.4, 0.5) is 0 Å². The van der Waals surface area contributed by atoms with Crippen LogP contribution in [0, 0.1) is 0 Å². The first-order chi connectivity index (χ1) is 10.7. The summed E-state index contributed by atoms with van der Waals surface area (Å²) in [7, 11) is -0.791. The molecular formula is C21H38ClP. The highest BCUT2D eigenvalue weighted by molar-refractivity contribution is 7.75. The highest BCUT2D eigenvalue weighted by atomic mass is 35.5. The molecule has 0 atom stereocenters. The smallest absolute Gasteiger partial charge is 0.0842 e. The quantitative estimate of drug-likeness (QED) is 0.493. The molecule has 0 aliphatic rings. The van der Waals surface area contributed by atoms with Crippen LogP contribution in [0.5, 0.6) is 0 Å². The van der Waals surface area contributed by atoms with Crippen molar-refractivity contribution in [1.29, 1.82) is 0 Å². The maximum absolute atomic E-state index is 2.41. The molecule has 23 heavy (non-hydrogen) atoms. The van der Waals surface area contributed by atoms with E-state index >= 15 is 0 Å². The van der Waals surface area contributed by atoms with Crippen molar-refractivity contribution in [3.63, 3.8) is 0 Å². The number of rotatable bonds is 12. The molecule has 0 N–H and O–H groups in total. The SMILES string of the molecule is CCCC[P+](CCCC)(CCCC)Cc1ccc(CC)cc1.[Cl-]. The zero-order valence-electron chi connectivity index (χ0n) is 15.9. The van der Waals surface area contributed by atoms with Crippen LogP contribution >= 0.6 is 7.26 Å². The molecule has 1 aromatic carbocycles. The summed E-state index contributed by atoms with van der Waals surface area (Å²) in [4.78, 5) is 0. The van der Waals surface area contributed by atoms with Crippen molar-refractivity contribution in [2.75, 3.05) is 18.5 Å². The summed E-state index contributed by atoms with van der Waals surface area (Å²) in [5.41, 5.74) is 3.08. The van der Waals surface area contributed by atoms with E-state index in [4.69, 9.17) is 0 Å². The summed E-state index contributed by atoms with van der Waals surface area (Å²) in [6, 6.07) is 9.53. The van der Waals surface area contributed by atoms with Gasteiger partial charge in [0.05, 0.1) is 24.6 Å². The number of hydrogen-bond acceptors (Lipinski definition) is 0. The van der Waals surface area contributed by atoms with Crippen molar-refractivity contribution in [3.05, 3.63) is 35.4 Å². The van der Waals surface area contributed by atoms with Gasteiger partial charge >= 0.3 is 0 Å². The van der Waals surface area contributed by atoms with E-state index in [9.17, 15) is 0 Å². The highest BCUT2D eigenvalue weighted by Gasteiger charge is 2.35. The molecule has 0 unspecified atom stereocenters. The van der Waals surface area contributed by atoms with E-state index in [0.29, 0.717) is 0 Å². The van der Waals surface area contributed by atoms with Crippen molar-refractivity contribution in [2.45, 2.75) is 78.8 Å². The molecule has 0 nitrogen and oxygen atoms in total. The van der Waals surface area contributed by atoms with Crippen LogP contribution in [0.1, 0.15) is 77.3 Å². The Labute approximate surface area is 152 Å². The maximum atomic E-state index is 2.41. The lowest BCUT2D eigenvalue weighted by molar-refractivity contribution is -0.00000500. The van der Waals surface area contributed by atoms with Crippen LogP contribution in [-0.4, -0.2) is 18.5 Å². The Morgan fingerprint density at radius 1 is 0.652 bits per heavy atom. The first-order valence-corrected chi connectivity index (χ1v) is 12.2. The minimum atomic E-state index is -0.791. The first kappa shape index (κ1) is 22.9. The third kappa shape index (κ3) is 8.55. The lowest BCUT2D eigenvalue weighted by atomic mass is 10.1. The second-order valence-corrected chi connectivity index (χ2v) is 11.2. The molecule has 0 heterocycles. The number of hydrogen-bond donors (Lipinski definition) is 0. The van der Waals surface area contributed by atoms with Gasteiger partial charge in [-0.2, -0.15) is 0 Å². The minimum absolute atomic E-state index is 0. The molecule has 134 valence electrons. The van der Waals surface area contributed by atoms with Crippen molar-refractivity contribution in [3.8, 4) is 0 Å². The molecule has 2 heteroatoms. The largest absolute Gasteiger partial charge is 1.00 e. The van der Waals surface area contributed by atoms with Gasteiger partial charge < -0.3 is 12.4 Å². The van der Waals surface area contributed by atoms with Crippen LogP contribution in [0.25, 0.3) is 0 Å². The Morgan fingerprint density at radius 3 is 1.39 bits per heavy atom. The van der Waals surface area contributed by atoms with E-state index in [2.05, 4.69) is 52.0 Å². The van der Waals surface area contributed by atoms with Gasteiger partial charge in [0.2, 0.25) is 0 Å². The lowest BCUT2D eigenvalue weighted by Gasteiger charge is -2.28. The summed E-state index contributed by atoms with van der Waals surface area (Å²) in [5, 5.41) is 0. The number of unbranched alkanes of at least 4 members (excludes halogenated alkanes) is 3. The molecule has 0 saturated heterocycles. The van der Waals surface area contributed by atoms with Gasteiger partial charge in [-0.15, -0.1) is 0 Å². The third-order valence-electron chi connectivity index (χ3n) is 4.91. The maximum Gasteiger partial charge on any atom is 0.0842 e. The molecule has 0 aliphatic carbocycles. The molecule has 1 rings (SSSR count). The summed E-state index contributed by atoms with van der Waals surface area (Å²) in [5.74, 6) is 0. The monoisotopic (exact) mass is 356 g/mol. The van der Waals surface area contributed by atoms with Crippen molar-refractivity contribution >= 4 is 7.26 Å². The fraction of sp³-hybridized carbons (Fsp3) is 0.714. The van der Waals surface area contributed by atoms with Crippen molar-refractivity contribution < 1.29 is 12.4 Å². The Balaban J connectivity index is 0.00000484. The number of aryl methyl sites for hydroxylation is 1. The first-order valence-electron chi connectivity index (χ1n) is 9.62. The molecular weight excluding hydrogens is 319 g/mol. The average Bonchev–Trinajstić information content (AvgIpc) is 2.56. The minimum Gasteiger partial charge on any atom is -1.00 e. The predicted molar refractivity (Wildman–Crippen MR) is 106 cm³/mol. The summed E-state index contributed by atoms with van der Waals surface area (Å²) in [6.07, 6.45) is 15.5. The standard InChI is InChI=1S/C21H38P.ClH/c1-5-9-16-22(17-10-6-2,18-11-7-3)19-21-14-12-20(8-4)13-15-21;/h12-15H,5-11,16-19H2,1-4H3;1H/q+1;/p-1. The number of halogens is 1. The van der Waals surface area contributed by atoms with Gasteiger partial charge in [-0.05, 0) is 36.8 Å². The fourth-order valence-electron chi connectivity index (χ4n) is 3.32. The van der Waals surface area contributed by atoms with E-state index < -0.39 is 7.26 Å². The normalized spacial score (nSPS) is 11.3. The van der Waals surface area contributed by atoms with E-state index in [1.54, 1.807) is 5.56 Å². The fourth-order valence-corrected chi connectivity index (χ4v) is 8.41. The Bertz CT molecular complexity index is 364. The Morgan fingerprint density at radius 2 is 1.04 bits per heavy atom. The van der Waals surface area contributed by atoms with E-state index in [-0.39, 0.29) is 12.4 Å². The van der Waals surface area contributed by atoms with E-state index in [1.165, 1.54) is 68.7 Å². The average molecular weight is 357 g/mol. The molecule has 0 saturated carbocycles. The molecule has 0 bridgehead atoms. The van der Waals surface area contributed by atoms with Gasteiger partial charge in [0.15, 0.2) is 0 Å². The molecule has 0 amide bonds. The van der Waals surface area contributed by atoms with Gasteiger partial charge in [0.1, 0.15) is 0 Å².